The van der Waals surface area contributed by atoms with Gasteiger partial charge in [0.25, 0.3) is 0 Å². The Morgan fingerprint density at radius 3 is 2.48 bits per heavy atom. The van der Waals surface area contributed by atoms with Gasteiger partial charge < -0.3 is 15.1 Å². The third-order valence-corrected chi connectivity index (χ3v) is 4.77. The van der Waals surface area contributed by atoms with E-state index in [1.54, 1.807) is 16.7 Å². The summed E-state index contributed by atoms with van der Waals surface area (Å²) in [5, 5.41) is 2.89. The molecule has 0 aliphatic carbocycles. The number of likely N-dealkylation sites (N-methyl/N-ethyl adjacent to an activating group) is 1. The Labute approximate surface area is 161 Å². The Balaban J connectivity index is 2.15. The molecule has 1 unspecified atom stereocenters. The number of carbonyl (C=O) groups excluding carboxylic acids is 3. The molecule has 1 atom stereocenters. The molecule has 6 heteroatoms. The SMILES string of the molecule is CCN(CC(=O)NC(C)(C)C)C(=O)CC1c2ccccc2CCN1C(C)=O. The van der Waals surface area contributed by atoms with Crippen LogP contribution in [0.25, 0.3) is 0 Å². The van der Waals surface area contributed by atoms with Gasteiger partial charge in [0, 0.05) is 25.6 Å². The molecule has 0 spiro atoms. The number of carbonyl (C=O) groups is 3. The van der Waals surface area contributed by atoms with Crippen LogP contribution in [0, 0.1) is 0 Å². The van der Waals surface area contributed by atoms with Crippen LogP contribution in [-0.4, -0.2) is 52.7 Å². The molecular weight excluding hydrogens is 342 g/mol. The van der Waals surface area contributed by atoms with Gasteiger partial charge in [-0.3, -0.25) is 14.4 Å². The molecule has 0 fully saturated rings. The van der Waals surface area contributed by atoms with E-state index in [-0.39, 0.29) is 42.3 Å². The summed E-state index contributed by atoms with van der Waals surface area (Å²) >= 11 is 0. The van der Waals surface area contributed by atoms with Crippen LogP contribution in [0.1, 0.15) is 58.2 Å². The molecule has 1 heterocycles. The number of hydrogen-bond donors (Lipinski definition) is 1. The summed E-state index contributed by atoms with van der Waals surface area (Å²) in [5.41, 5.74) is 1.87. The van der Waals surface area contributed by atoms with Gasteiger partial charge in [0.15, 0.2) is 0 Å². The van der Waals surface area contributed by atoms with Gasteiger partial charge in [0.05, 0.1) is 19.0 Å². The molecule has 0 radical (unpaired) electrons. The second-order valence-corrected chi connectivity index (χ2v) is 8.09. The summed E-state index contributed by atoms with van der Waals surface area (Å²) in [4.78, 5) is 40.6. The second kappa shape index (κ2) is 8.55. The summed E-state index contributed by atoms with van der Waals surface area (Å²) in [7, 11) is 0. The third-order valence-electron chi connectivity index (χ3n) is 4.77. The van der Waals surface area contributed by atoms with Crippen molar-refractivity contribution in [2.45, 2.75) is 59.0 Å². The Morgan fingerprint density at radius 1 is 1.22 bits per heavy atom. The molecule has 1 aliphatic heterocycles. The summed E-state index contributed by atoms with van der Waals surface area (Å²) < 4.78 is 0. The van der Waals surface area contributed by atoms with Crippen LogP contribution in [-0.2, 0) is 20.8 Å². The standard InChI is InChI=1S/C21H31N3O3/c1-6-23(14-19(26)22-21(3,4)5)20(27)13-18-17-10-8-7-9-16(17)11-12-24(18)15(2)25/h7-10,18H,6,11-14H2,1-5H3,(H,22,26). The third kappa shape index (κ3) is 5.55. The number of rotatable bonds is 5. The van der Waals surface area contributed by atoms with Crippen molar-refractivity contribution >= 4 is 17.7 Å². The van der Waals surface area contributed by atoms with Gasteiger partial charge in [-0.25, -0.2) is 0 Å². The van der Waals surface area contributed by atoms with Crippen molar-refractivity contribution in [3.8, 4) is 0 Å². The quantitative estimate of drug-likeness (QED) is 0.861. The zero-order valence-corrected chi connectivity index (χ0v) is 17.0. The maximum atomic E-state index is 12.9. The zero-order chi connectivity index (χ0) is 20.2. The van der Waals surface area contributed by atoms with Crippen LogP contribution in [0.5, 0.6) is 0 Å². The first-order valence-electron chi connectivity index (χ1n) is 9.56. The first-order valence-corrected chi connectivity index (χ1v) is 9.56. The molecule has 0 saturated heterocycles. The molecule has 1 aromatic carbocycles. The van der Waals surface area contributed by atoms with Crippen molar-refractivity contribution in [3.05, 3.63) is 35.4 Å². The number of amides is 3. The molecule has 148 valence electrons. The average Bonchev–Trinajstić information content (AvgIpc) is 2.58. The maximum Gasteiger partial charge on any atom is 0.240 e. The van der Waals surface area contributed by atoms with Crippen LogP contribution in [0.4, 0.5) is 0 Å². The van der Waals surface area contributed by atoms with Gasteiger partial charge in [-0.05, 0) is 45.2 Å². The van der Waals surface area contributed by atoms with Crippen LogP contribution < -0.4 is 5.32 Å². The molecule has 0 aromatic heterocycles. The molecular formula is C21H31N3O3. The van der Waals surface area contributed by atoms with Gasteiger partial charge in [-0.15, -0.1) is 0 Å². The van der Waals surface area contributed by atoms with E-state index in [2.05, 4.69) is 11.4 Å². The van der Waals surface area contributed by atoms with Crippen LogP contribution in [0.15, 0.2) is 24.3 Å². The summed E-state index contributed by atoms with van der Waals surface area (Å²) in [6.07, 6.45) is 0.985. The highest BCUT2D eigenvalue weighted by Crippen LogP contribution is 2.32. The Hall–Kier alpha value is -2.37. The minimum Gasteiger partial charge on any atom is -0.350 e. The summed E-state index contributed by atoms with van der Waals surface area (Å²) in [5.74, 6) is -0.324. The van der Waals surface area contributed by atoms with E-state index in [1.165, 1.54) is 5.56 Å². The van der Waals surface area contributed by atoms with Gasteiger partial charge in [-0.2, -0.15) is 0 Å². The lowest BCUT2D eigenvalue weighted by Crippen LogP contribution is -2.48. The van der Waals surface area contributed by atoms with E-state index >= 15 is 0 Å². The van der Waals surface area contributed by atoms with E-state index in [0.717, 1.165) is 12.0 Å². The molecule has 27 heavy (non-hydrogen) atoms. The van der Waals surface area contributed by atoms with Crippen molar-refractivity contribution < 1.29 is 14.4 Å². The molecule has 1 N–H and O–H groups in total. The highest BCUT2D eigenvalue weighted by atomic mass is 16.2. The van der Waals surface area contributed by atoms with Gasteiger partial charge in [-0.1, -0.05) is 24.3 Å². The lowest BCUT2D eigenvalue weighted by Gasteiger charge is -2.37. The molecule has 1 aliphatic rings. The maximum absolute atomic E-state index is 12.9. The van der Waals surface area contributed by atoms with Crippen molar-refractivity contribution in [1.82, 2.24) is 15.1 Å². The van der Waals surface area contributed by atoms with Gasteiger partial charge in [0.2, 0.25) is 17.7 Å². The number of fused-ring (bicyclic) bond motifs is 1. The van der Waals surface area contributed by atoms with Crippen molar-refractivity contribution in [2.75, 3.05) is 19.6 Å². The Morgan fingerprint density at radius 2 is 1.89 bits per heavy atom. The smallest absolute Gasteiger partial charge is 0.240 e. The van der Waals surface area contributed by atoms with E-state index in [9.17, 15) is 14.4 Å². The van der Waals surface area contributed by atoms with Crippen molar-refractivity contribution in [1.29, 1.82) is 0 Å². The number of nitrogens with one attached hydrogen (secondary N) is 1. The van der Waals surface area contributed by atoms with E-state index in [0.29, 0.717) is 13.1 Å². The van der Waals surface area contributed by atoms with Gasteiger partial charge >= 0.3 is 0 Å². The Kier molecular flexibility index (Phi) is 6.63. The first-order chi connectivity index (χ1) is 12.6. The van der Waals surface area contributed by atoms with Crippen molar-refractivity contribution in [3.63, 3.8) is 0 Å². The largest absolute Gasteiger partial charge is 0.350 e. The molecule has 0 bridgehead atoms. The van der Waals surface area contributed by atoms with Crippen LogP contribution in [0.3, 0.4) is 0 Å². The highest BCUT2D eigenvalue weighted by molar-refractivity contribution is 5.86. The van der Waals surface area contributed by atoms with E-state index in [1.807, 2.05) is 45.9 Å². The monoisotopic (exact) mass is 373 g/mol. The number of nitrogens with zero attached hydrogens (tertiary/aromatic N) is 2. The second-order valence-electron chi connectivity index (χ2n) is 8.09. The summed E-state index contributed by atoms with van der Waals surface area (Å²) in [6, 6.07) is 7.69. The van der Waals surface area contributed by atoms with Crippen LogP contribution in [0.2, 0.25) is 0 Å². The fraction of sp³-hybridized carbons (Fsp3) is 0.571. The van der Waals surface area contributed by atoms with E-state index in [4.69, 9.17) is 0 Å². The van der Waals surface area contributed by atoms with E-state index < -0.39 is 0 Å². The topological polar surface area (TPSA) is 69.7 Å². The molecule has 6 nitrogen and oxygen atoms in total. The van der Waals surface area contributed by atoms with Crippen molar-refractivity contribution in [2.24, 2.45) is 0 Å². The fourth-order valence-electron chi connectivity index (χ4n) is 3.55. The molecule has 0 saturated carbocycles. The normalized spacial score (nSPS) is 16.5. The number of benzene rings is 1. The Bertz CT molecular complexity index is 709. The van der Waals surface area contributed by atoms with Crippen LogP contribution >= 0.6 is 0 Å². The molecule has 3 amide bonds. The highest BCUT2D eigenvalue weighted by Gasteiger charge is 2.32. The predicted molar refractivity (Wildman–Crippen MR) is 105 cm³/mol. The molecule has 1 aromatic rings. The number of hydrogen-bond acceptors (Lipinski definition) is 3. The minimum absolute atomic E-state index is 0.0288. The minimum atomic E-state index is -0.340. The first kappa shape index (κ1) is 20.9. The zero-order valence-electron chi connectivity index (χ0n) is 17.0. The predicted octanol–water partition coefficient (Wildman–Crippen LogP) is 2.29. The lowest BCUT2D eigenvalue weighted by atomic mass is 9.90. The summed E-state index contributed by atoms with van der Waals surface area (Å²) in [6.45, 7) is 10.2. The average molecular weight is 373 g/mol. The fourth-order valence-corrected chi connectivity index (χ4v) is 3.55. The molecule has 2 rings (SSSR count). The lowest BCUT2D eigenvalue weighted by molar-refractivity contribution is -0.139. The van der Waals surface area contributed by atoms with Gasteiger partial charge in [0.1, 0.15) is 0 Å².